The number of anilines is 1. The average Bonchev–Trinajstić information content (AvgIpc) is 3.59. The maximum Gasteiger partial charge on any atom is 0.408 e. The number of rotatable bonds is 13. The first kappa shape index (κ1) is 43.3. The third-order valence-electron chi connectivity index (χ3n) is 11.0. The summed E-state index contributed by atoms with van der Waals surface area (Å²) in [7, 11) is 2.81. The van der Waals surface area contributed by atoms with Crippen molar-refractivity contribution < 1.29 is 42.9 Å². The summed E-state index contributed by atoms with van der Waals surface area (Å²) in [5.41, 5.74) is -0.760. The molecule has 0 unspecified atom stereocenters. The highest BCUT2D eigenvalue weighted by Crippen LogP contribution is 2.46. The quantitative estimate of drug-likeness (QED) is 0.128. The number of alkyl carbamates (subject to hydrolysis) is 1. The van der Waals surface area contributed by atoms with Crippen molar-refractivity contribution in [1.29, 1.82) is 0 Å². The van der Waals surface area contributed by atoms with Gasteiger partial charge in [-0.1, -0.05) is 47.6 Å². The Labute approximate surface area is 349 Å². The molecule has 3 N–H and O–H groups in total. The minimum absolute atomic E-state index is 0.0189. The fraction of sp³-hybridized carbons (Fsp3) is 0.558. The maximum atomic E-state index is 14.7. The lowest BCUT2D eigenvalue weighted by Crippen LogP contribution is -2.59. The summed E-state index contributed by atoms with van der Waals surface area (Å²) >= 11 is 1.27. The minimum atomic E-state index is -1.30. The molecule has 0 bridgehead atoms. The summed E-state index contributed by atoms with van der Waals surface area (Å²) in [5, 5.41) is 11.5. The van der Waals surface area contributed by atoms with Crippen molar-refractivity contribution in [3.05, 3.63) is 42.3 Å². The molecule has 2 saturated carbocycles. The molecule has 3 heterocycles. The van der Waals surface area contributed by atoms with E-state index in [9.17, 15) is 24.0 Å². The summed E-state index contributed by atoms with van der Waals surface area (Å²) in [6.45, 7) is 15.2. The first-order valence-electron chi connectivity index (χ1n) is 20.1. The number of nitrogens with one attached hydrogen (secondary N) is 3. The lowest BCUT2D eigenvalue weighted by atomic mass is 9.85. The SMILES string of the molecule is C=C[C@@H]1C[C@]1(NC(=O)[C@@H]1C[C@@H](Oc2cc(-c3csc(NC(=O)CC(C)(C)C)n3)nc3cc(OC)ccc23)CN1C(=O)[C@@H](NC(=O)OC1CCCC1)C(C)(C)C)C(=O)OC. The van der Waals surface area contributed by atoms with Crippen LogP contribution in [-0.2, 0) is 28.7 Å². The van der Waals surface area contributed by atoms with Crippen LogP contribution in [0.3, 0.4) is 0 Å². The molecule has 3 aliphatic rings. The fourth-order valence-electron chi connectivity index (χ4n) is 7.79. The second-order valence-corrected chi connectivity index (χ2v) is 18.8. The molecular formula is C43H56N6O9S. The van der Waals surface area contributed by atoms with Crippen molar-refractivity contribution in [2.75, 3.05) is 26.1 Å². The second kappa shape index (κ2) is 17.2. The first-order valence-corrected chi connectivity index (χ1v) is 20.9. The van der Waals surface area contributed by atoms with Crippen LogP contribution >= 0.6 is 11.3 Å². The van der Waals surface area contributed by atoms with Gasteiger partial charge in [-0.2, -0.15) is 0 Å². The number of benzene rings is 1. The largest absolute Gasteiger partial charge is 0.497 e. The number of hydrogen-bond acceptors (Lipinski definition) is 12. The molecule has 3 aromatic rings. The summed E-state index contributed by atoms with van der Waals surface area (Å²) in [5.74, 6) is -1.16. The van der Waals surface area contributed by atoms with Gasteiger partial charge in [0.25, 0.3) is 0 Å². The predicted octanol–water partition coefficient (Wildman–Crippen LogP) is 6.41. The summed E-state index contributed by atoms with van der Waals surface area (Å²) in [6.07, 6.45) is 4.12. The number of carbonyl (C=O) groups excluding carboxylic acids is 5. The van der Waals surface area contributed by atoms with E-state index in [1.54, 1.807) is 36.8 Å². The molecule has 0 spiro atoms. The van der Waals surface area contributed by atoms with E-state index >= 15 is 0 Å². The van der Waals surface area contributed by atoms with Crippen LogP contribution in [0.2, 0.25) is 0 Å². The minimum Gasteiger partial charge on any atom is -0.497 e. The molecule has 1 aliphatic heterocycles. The van der Waals surface area contributed by atoms with Gasteiger partial charge in [-0.05, 0) is 55.1 Å². The van der Waals surface area contributed by atoms with Crippen LogP contribution in [0.25, 0.3) is 22.3 Å². The first-order chi connectivity index (χ1) is 27.8. The van der Waals surface area contributed by atoms with Crippen LogP contribution in [0.4, 0.5) is 9.93 Å². The summed E-state index contributed by atoms with van der Waals surface area (Å²) in [4.78, 5) is 78.8. The zero-order valence-corrected chi connectivity index (χ0v) is 36.0. The van der Waals surface area contributed by atoms with Gasteiger partial charge in [0.2, 0.25) is 17.7 Å². The number of methoxy groups -OCH3 is 2. The van der Waals surface area contributed by atoms with E-state index in [1.165, 1.54) is 23.3 Å². The Hall–Kier alpha value is -5.25. The molecule has 4 amide bonds. The highest BCUT2D eigenvalue weighted by Gasteiger charge is 2.62. The van der Waals surface area contributed by atoms with Gasteiger partial charge in [-0.3, -0.25) is 14.4 Å². The molecule has 16 heteroatoms. The van der Waals surface area contributed by atoms with Crippen molar-refractivity contribution in [3.8, 4) is 22.9 Å². The van der Waals surface area contributed by atoms with Crippen molar-refractivity contribution in [1.82, 2.24) is 25.5 Å². The van der Waals surface area contributed by atoms with E-state index in [1.807, 2.05) is 47.6 Å². The van der Waals surface area contributed by atoms with E-state index in [2.05, 4.69) is 27.5 Å². The van der Waals surface area contributed by atoms with Gasteiger partial charge < -0.3 is 39.8 Å². The third kappa shape index (κ3) is 9.97. The van der Waals surface area contributed by atoms with Gasteiger partial charge in [0, 0.05) is 41.7 Å². The van der Waals surface area contributed by atoms with Crippen molar-refractivity contribution >= 4 is 57.2 Å². The van der Waals surface area contributed by atoms with Crippen LogP contribution in [0.1, 0.15) is 86.5 Å². The highest BCUT2D eigenvalue weighted by molar-refractivity contribution is 7.14. The van der Waals surface area contributed by atoms with E-state index in [-0.39, 0.29) is 36.3 Å². The number of amides is 4. The number of aromatic nitrogens is 2. The molecule has 59 heavy (non-hydrogen) atoms. The number of hydrogen-bond donors (Lipinski definition) is 3. The summed E-state index contributed by atoms with van der Waals surface area (Å²) in [6, 6.07) is 4.97. The molecule has 1 saturated heterocycles. The monoisotopic (exact) mass is 832 g/mol. The number of thiazole rings is 1. The second-order valence-electron chi connectivity index (χ2n) is 17.9. The molecule has 318 valence electrons. The van der Waals surface area contributed by atoms with Gasteiger partial charge in [0.1, 0.15) is 47.0 Å². The summed E-state index contributed by atoms with van der Waals surface area (Å²) < 4.78 is 23.0. The number of ether oxygens (including phenoxy) is 4. The van der Waals surface area contributed by atoms with Crippen LogP contribution in [-0.4, -0.2) is 95.2 Å². The Kier molecular flexibility index (Phi) is 12.6. The lowest BCUT2D eigenvalue weighted by molar-refractivity contribution is -0.148. The van der Waals surface area contributed by atoms with Gasteiger partial charge in [-0.15, -0.1) is 17.9 Å². The van der Waals surface area contributed by atoms with Crippen molar-refractivity contribution in [2.24, 2.45) is 16.7 Å². The molecule has 1 aromatic carbocycles. The Morgan fingerprint density at radius 3 is 2.37 bits per heavy atom. The molecule has 15 nitrogen and oxygen atoms in total. The molecule has 5 atom stereocenters. The zero-order valence-electron chi connectivity index (χ0n) is 35.1. The van der Waals surface area contributed by atoms with E-state index in [0.717, 1.165) is 25.7 Å². The van der Waals surface area contributed by atoms with Gasteiger partial charge >= 0.3 is 12.1 Å². The van der Waals surface area contributed by atoms with Gasteiger partial charge in [0.05, 0.1) is 32.0 Å². The molecule has 0 radical (unpaired) electrons. The third-order valence-corrected chi connectivity index (χ3v) is 11.7. The average molecular weight is 833 g/mol. The Balaban J connectivity index is 1.32. The normalized spacial score (nSPS) is 22.3. The number of likely N-dealkylation sites (tertiary alicyclic amines) is 1. The van der Waals surface area contributed by atoms with Crippen LogP contribution in [0.5, 0.6) is 11.5 Å². The zero-order chi connectivity index (χ0) is 42.9. The van der Waals surface area contributed by atoms with Gasteiger partial charge in [-0.25, -0.2) is 19.6 Å². The Morgan fingerprint density at radius 2 is 1.75 bits per heavy atom. The van der Waals surface area contributed by atoms with E-state index < -0.39 is 53.0 Å². The topological polar surface area (TPSA) is 187 Å². The molecular weight excluding hydrogens is 777 g/mol. The van der Waals surface area contributed by atoms with Crippen LogP contribution in [0, 0.1) is 16.7 Å². The molecule has 2 aliphatic carbocycles. The van der Waals surface area contributed by atoms with E-state index in [4.69, 9.17) is 23.9 Å². The lowest BCUT2D eigenvalue weighted by Gasteiger charge is -2.35. The number of nitrogens with zero attached hydrogens (tertiary/aromatic N) is 3. The number of carbonyl (C=O) groups is 5. The Morgan fingerprint density at radius 1 is 1.02 bits per heavy atom. The highest BCUT2D eigenvalue weighted by atomic mass is 32.1. The Bertz CT molecular complexity index is 2100. The smallest absolute Gasteiger partial charge is 0.408 e. The number of esters is 1. The van der Waals surface area contributed by atoms with Gasteiger partial charge in [0.15, 0.2) is 5.13 Å². The van der Waals surface area contributed by atoms with Crippen molar-refractivity contribution in [3.63, 3.8) is 0 Å². The maximum absolute atomic E-state index is 14.7. The molecule has 6 rings (SSSR count). The number of fused-ring (bicyclic) bond motifs is 1. The number of pyridine rings is 1. The van der Waals surface area contributed by atoms with Crippen LogP contribution < -0.4 is 25.4 Å². The van der Waals surface area contributed by atoms with E-state index in [0.29, 0.717) is 51.8 Å². The molecule has 2 aromatic heterocycles. The van der Waals surface area contributed by atoms with Crippen LogP contribution in [0.15, 0.2) is 42.3 Å². The fourth-order valence-corrected chi connectivity index (χ4v) is 8.51. The predicted molar refractivity (Wildman–Crippen MR) is 223 cm³/mol. The molecule has 3 fully saturated rings. The standard InChI is InChI=1S/C43H56N6O9S/c1-10-24-20-43(24,38(53)56-9)48-36(51)32-18-27(22-49(32)37(52)35(42(5,6)7)47-40(54)58-25-13-11-12-14-25)57-33-19-30(44-29-17-26(55-8)15-16-28(29)33)31-23-59-39(45-31)46-34(50)21-41(2,3)4/h10,15-17,19,23-25,27,32,35H,1,11-14,18,20-22H2,2-9H3,(H,47,54)(H,48,51)(H,45,46,50)/t24-,27-,32+,35-,43-/m1/s1. The van der Waals surface area contributed by atoms with Crippen molar-refractivity contribution in [2.45, 2.75) is 116 Å².